The van der Waals surface area contributed by atoms with E-state index in [4.69, 9.17) is 4.42 Å². The van der Waals surface area contributed by atoms with E-state index in [1.165, 1.54) is 12.1 Å². The van der Waals surface area contributed by atoms with Gasteiger partial charge in [-0.1, -0.05) is 31.4 Å². The lowest BCUT2D eigenvalue weighted by Crippen LogP contribution is -2.41. The molecule has 3 fully saturated rings. The second-order valence-corrected chi connectivity index (χ2v) is 9.10. The number of hydrogen-bond donors (Lipinski definition) is 1. The van der Waals surface area contributed by atoms with E-state index < -0.39 is 28.7 Å². The highest BCUT2D eigenvalue weighted by molar-refractivity contribution is 6.07. The number of rotatable bonds is 6. The van der Waals surface area contributed by atoms with Crippen molar-refractivity contribution in [3.63, 3.8) is 0 Å². The van der Waals surface area contributed by atoms with E-state index >= 15 is 0 Å². The first-order valence-electron chi connectivity index (χ1n) is 11.0. The molecule has 0 spiro atoms. The average molecular weight is 427 g/mol. The molecule has 5 rings (SSSR count). The molecule has 9 heteroatoms. The van der Waals surface area contributed by atoms with E-state index in [2.05, 4.69) is 5.32 Å². The van der Waals surface area contributed by atoms with Crippen molar-refractivity contribution in [1.29, 1.82) is 0 Å². The molecule has 3 amide bonds. The monoisotopic (exact) mass is 427 g/mol. The smallest absolute Gasteiger partial charge is 0.404 e. The van der Waals surface area contributed by atoms with E-state index in [0.29, 0.717) is 0 Å². The summed E-state index contributed by atoms with van der Waals surface area (Å²) in [7, 11) is 0. The van der Waals surface area contributed by atoms with Gasteiger partial charge in [-0.05, 0) is 37.2 Å². The minimum absolute atomic E-state index is 0.0408. The molecule has 1 aliphatic heterocycles. The largest absolute Gasteiger partial charge is 0.433 e. The van der Waals surface area contributed by atoms with Crippen LogP contribution >= 0.6 is 0 Å². The molecule has 1 aromatic heterocycles. The van der Waals surface area contributed by atoms with Crippen LogP contribution in [0.3, 0.4) is 0 Å². The van der Waals surface area contributed by atoms with Crippen LogP contribution in [-0.4, -0.2) is 33.6 Å². The van der Waals surface area contributed by atoms with E-state index in [1.54, 1.807) is 0 Å². The van der Waals surface area contributed by atoms with Gasteiger partial charge in [-0.2, -0.15) is 0 Å². The van der Waals surface area contributed by atoms with Crippen LogP contribution in [-0.2, 0) is 14.4 Å². The molecular formula is C22H25N3O6. The molecule has 2 saturated carbocycles. The molecular weight excluding hydrogens is 402 g/mol. The van der Waals surface area contributed by atoms with Gasteiger partial charge >= 0.3 is 5.88 Å². The highest BCUT2D eigenvalue weighted by atomic mass is 16.6. The van der Waals surface area contributed by atoms with Gasteiger partial charge in [-0.3, -0.25) is 29.4 Å². The lowest BCUT2D eigenvalue weighted by molar-refractivity contribution is -0.402. The zero-order valence-electron chi connectivity index (χ0n) is 17.1. The number of nitrogens with one attached hydrogen (secondary N) is 1. The normalized spacial score (nSPS) is 30.6. The minimum atomic E-state index is -0.984. The molecule has 4 aliphatic rings. The van der Waals surface area contributed by atoms with E-state index in [1.807, 2.05) is 12.2 Å². The highest BCUT2D eigenvalue weighted by Gasteiger charge is 2.61. The molecule has 1 aromatic rings. The number of hydrogen-bond acceptors (Lipinski definition) is 6. The molecule has 2 heterocycles. The van der Waals surface area contributed by atoms with Crippen LogP contribution in [0.2, 0.25) is 0 Å². The average Bonchev–Trinajstić information content (AvgIpc) is 3.51. The predicted molar refractivity (Wildman–Crippen MR) is 107 cm³/mol. The first-order chi connectivity index (χ1) is 14.9. The molecule has 164 valence electrons. The van der Waals surface area contributed by atoms with Crippen LogP contribution in [0.1, 0.15) is 56.7 Å². The summed E-state index contributed by atoms with van der Waals surface area (Å²) in [5.41, 5.74) is 0. The van der Waals surface area contributed by atoms with Crippen LogP contribution in [0.25, 0.3) is 0 Å². The third kappa shape index (κ3) is 3.36. The maximum atomic E-state index is 13.3. The molecule has 1 N–H and O–H groups in total. The number of likely N-dealkylation sites (tertiary alicyclic amines) is 1. The molecule has 5 unspecified atom stereocenters. The molecule has 0 aromatic carbocycles. The maximum Gasteiger partial charge on any atom is 0.433 e. The fourth-order valence-electron chi connectivity index (χ4n) is 5.88. The first kappa shape index (κ1) is 20.0. The standard InChI is InChI=1S/C22H25N3O6/c26-17(23-14-4-2-1-3-5-14)11-15(16-8-9-18(31-16)25(29)30)24-21(27)19-12-6-7-13(10-12)20(19)22(24)28/h6-9,12-15,19-20H,1-5,10-11H2,(H,23,26). The van der Waals surface area contributed by atoms with Gasteiger partial charge in [0.15, 0.2) is 0 Å². The third-order valence-corrected chi connectivity index (χ3v) is 7.29. The van der Waals surface area contributed by atoms with Crippen molar-refractivity contribution in [3.8, 4) is 0 Å². The van der Waals surface area contributed by atoms with Gasteiger partial charge < -0.3 is 9.73 Å². The Labute approximate surface area is 179 Å². The van der Waals surface area contributed by atoms with Crippen molar-refractivity contribution in [2.24, 2.45) is 23.7 Å². The summed E-state index contributed by atoms with van der Waals surface area (Å²) in [5.74, 6) is -2.01. The van der Waals surface area contributed by atoms with E-state index in [0.717, 1.165) is 43.4 Å². The number of nitro groups is 1. The van der Waals surface area contributed by atoms with Gasteiger partial charge in [-0.15, -0.1) is 0 Å². The quantitative estimate of drug-likeness (QED) is 0.322. The third-order valence-electron chi connectivity index (χ3n) is 7.29. The minimum Gasteiger partial charge on any atom is -0.404 e. The van der Waals surface area contributed by atoms with Crippen LogP contribution in [0.5, 0.6) is 0 Å². The fourth-order valence-corrected chi connectivity index (χ4v) is 5.88. The Bertz CT molecular complexity index is 932. The zero-order chi connectivity index (χ0) is 21.7. The molecule has 2 bridgehead atoms. The second-order valence-electron chi connectivity index (χ2n) is 9.10. The summed E-state index contributed by atoms with van der Waals surface area (Å²) < 4.78 is 5.36. The van der Waals surface area contributed by atoms with Gasteiger partial charge in [-0.25, -0.2) is 0 Å². The van der Waals surface area contributed by atoms with Gasteiger partial charge in [0, 0.05) is 6.04 Å². The second kappa shape index (κ2) is 7.62. The summed E-state index contributed by atoms with van der Waals surface area (Å²) in [4.78, 5) is 51.0. The van der Waals surface area contributed by atoms with Crippen LogP contribution in [0.4, 0.5) is 5.88 Å². The Balaban J connectivity index is 1.41. The number of furan rings is 1. The summed E-state index contributed by atoms with van der Waals surface area (Å²) in [5, 5.41) is 14.1. The molecule has 9 nitrogen and oxygen atoms in total. The summed E-state index contributed by atoms with van der Waals surface area (Å²) in [6, 6.07) is 1.68. The van der Waals surface area contributed by atoms with E-state index in [-0.39, 0.29) is 47.8 Å². The number of imide groups is 1. The Morgan fingerprint density at radius 1 is 1.13 bits per heavy atom. The Hall–Kier alpha value is -2.97. The van der Waals surface area contributed by atoms with Crippen molar-refractivity contribution >= 4 is 23.6 Å². The highest BCUT2D eigenvalue weighted by Crippen LogP contribution is 2.54. The Kier molecular flexibility index (Phi) is 4.91. The fraction of sp³-hybridized carbons (Fsp3) is 0.591. The summed E-state index contributed by atoms with van der Waals surface area (Å²) >= 11 is 0. The lowest BCUT2D eigenvalue weighted by Gasteiger charge is -2.27. The van der Waals surface area contributed by atoms with Crippen molar-refractivity contribution in [2.75, 3.05) is 0 Å². The number of carbonyl (C=O) groups excluding carboxylic acids is 3. The van der Waals surface area contributed by atoms with Crippen molar-refractivity contribution in [3.05, 3.63) is 40.2 Å². The molecule has 31 heavy (non-hydrogen) atoms. The molecule has 5 atom stereocenters. The van der Waals surface area contributed by atoms with Gasteiger partial charge in [0.1, 0.15) is 16.7 Å². The topological polar surface area (TPSA) is 123 Å². The first-order valence-corrected chi connectivity index (χ1v) is 11.0. The predicted octanol–water partition coefficient (Wildman–Crippen LogP) is 2.88. The Morgan fingerprint density at radius 2 is 1.77 bits per heavy atom. The molecule has 3 aliphatic carbocycles. The van der Waals surface area contributed by atoms with E-state index in [9.17, 15) is 24.5 Å². The zero-order valence-corrected chi connectivity index (χ0v) is 17.1. The maximum absolute atomic E-state index is 13.3. The number of fused-ring (bicyclic) bond motifs is 5. The van der Waals surface area contributed by atoms with Crippen LogP contribution in [0.15, 0.2) is 28.7 Å². The lowest BCUT2D eigenvalue weighted by atomic mass is 9.85. The Morgan fingerprint density at radius 3 is 2.35 bits per heavy atom. The summed E-state index contributed by atoms with van der Waals surface area (Å²) in [6.07, 6.45) is 9.72. The molecule has 0 radical (unpaired) electrons. The van der Waals surface area contributed by atoms with Gasteiger partial charge in [0.05, 0.1) is 24.3 Å². The van der Waals surface area contributed by atoms with Gasteiger partial charge in [0.2, 0.25) is 17.7 Å². The van der Waals surface area contributed by atoms with Crippen molar-refractivity contribution in [1.82, 2.24) is 10.2 Å². The van der Waals surface area contributed by atoms with Crippen molar-refractivity contribution in [2.45, 2.75) is 57.0 Å². The molecule has 1 saturated heterocycles. The van der Waals surface area contributed by atoms with Gasteiger partial charge in [0.25, 0.3) is 0 Å². The number of amides is 3. The van der Waals surface area contributed by atoms with Crippen molar-refractivity contribution < 1.29 is 23.7 Å². The summed E-state index contributed by atoms with van der Waals surface area (Å²) in [6.45, 7) is 0. The number of nitrogens with zero attached hydrogens (tertiary/aromatic N) is 2. The van der Waals surface area contributed by atoms with Crippen LogP contribution < -0.4 is 5.32 Å². The SMILES string of the molecule is O=C(CC(c1ccc([N+](=O)[O-])o1)N1C(=O)C2C3C=CC(C3)C2C1=O)NC1CCCCC1. The number of carbonyl (C=O) groups is 3. The van der Waals surface area contributed by atoms with Crippen LogP contribution in [0, 0.1) is 33.8 Å². The number of allylic oxidation sites excluding steroid dienone is 2.